The van der Waals surface area contributed by atoms with E-state index in [1.807, 2.05) is 55.6 Å². The van der Waals surface area contributed by atoms with Crippen molar-refractivity contribution < 1.29 is 14.1 Å². The van der Waals surface area contributed by atoms with Gasteiger partial charge < -0.3 is 19.1 Å². The molecule has 1 unspecified atom stereocenters. The van der Waals surface area contributed by atoms with Gasteiger partial charge in [-0.3, -0.25) is 4.79 Å². The first kappa shape index (κ1) is 18.4. The first-order valence-corrected chi connectivity index (χ1v) is 10.1. The number of fused-ring (bicyclic) bond motifs is 1. The van der Waals surface area contributed by atoms with Crippen LogP contribution in [0.1, 0.15) is 36.5 Å². The molecule has 1 saturated heterocycles. The largest absolute Gasteiger partial charge is 0.494 e. The molecule has 0 saturated carbocycles. The smallest absolute Gasteiger partial charge is 0.231 e. The third kappa shape index (κ3) is 3.43. The fraction of sp³-hybridized carbons (Fsp3) is 0.261. The van der Waals surface area contributed by atoms with Crippen molar-refractivity contribution in [3.8, 4) is 5.75 Å². The van der Waals surface area contributed by atoms with E-state index in [0.717, 1.165) is 27.9 Å². The highest BCUT2D eigenvalue weighted by molar-refractivity contribution is 5.96. The molecule has 2 aromatic carbocycles. The fourth-order valence-electron chi connectivity index (χ4n) is 3.97. The highest BCUT2D eigenvalue weighted by Crippen LogP contribution is 2.31. The molecule has 1 aliphatic rings. The van der Waals surface area contributed by atoms with Gasteiger partial charge in [0, 0.05) is 41.7 Å². The third-order valence-corrected chi connectivity index (χ3v) is 5.45. The van der Waals surface area contributed by atoms with Crippen LogP contribution in [0.5, 0.6) is 5.75 Å². The summed E-state index contributed by atoms with van der Waals surface area (Å²) in [5.74, 6) is 1.93. The summed E-state index contributed by atoms with van der Waals surface area (Å²) >= 11 is 0. The maximum atomic E-state index is 12.6. The number of H-pyrrole nitrogens is 1. The first-order chi connectivity index (χ1) is 14.7. The highest BCUT2D eigenvalue weighted by Gasteiger charge is 2.34. The molecule has 1 N–H and O–H groups in total. The van der Waals surface area contributed by atoms with Crippen molar-refractivity contribution in [3.63, 3.8) is 0 Å². The van der Waals surface area contributed by atoms with Gasteiger partial charge in [-0.1, -0.05) is 23.4 Å². The molecule has 4 aromatic rings. The average Bonchev–Trinajstić information content (AvgIpc) is 3.48. The fourth-order valence-corrected chi connectivity index (χ4v) is 3.97. The molecule has 0 spiro atoms. The van der Waals surface area contributed by atoms with E-state index < -0.39 is 0 Å². The second-order valence-corrected chi connectivity index (χ2v) is 7.41. The van der Waals surface area contributed by atoms with Gasteiger partial charge in [0.15, 0.2) is 5.82 Å². The van der Waals surface area contributed by atoms with Crippen LogP contribution in [0.15, 0.2) is 59.3 Å². The number of nitrogens with one attached hydrogen (secondary N) is 1. The van der Waals surface area contributed by atoms with Gasteiger partial charge in [-0.2, -0.15) is 4.98 Å². The van der Waals surface area contributed by atoms with E-state index in [9.17, 15) is 4.79 Å². The Labute approximate surface area is 173 Å². The highest BCUT2D eigenvalue weighted by atomic mass is 16.5. The van der Waals surface area contributed by atoms with E-state index in [4.69, 9.17) is 9.26 Å². The first-order valence-electron chi connectivity index (χ1n) is 10.1. The number of carbonyl (C=O) groups excluding carboxylic acids is 1. The van der Waals surface area contributed by atoms with Crippen LogP contribution in [0.2, 0.25) is 0 Å². The molecule has 0 bridgehead atoms. The minimum absolute atomic E-state index is 0.0622. The number of ether oxygens (including phenoxy) is 1. The Morgan fingerprint density at radius 2 is 2.03 bits per heavy atom. The summed E-state index contributed by atoms with van der Waals surface area (Å²) in [6.07, 6.45) is 2.90. The quantitative estimate of drug-likeness (QED) is 0.526. The Morgan fingerprint density at radius 3 is 2.87 bits per heavy atom. The van der Waals surface area contributed by atoms with E-state index in [2.05, 4.69) is 21.2 Å². The number of aromatic amines is 1. The zero-order valence-corrected chi connectivity index (χ0v) is 16.7. The Balaban J connectivity index is 1.30. The van der Waals surface area contributed by atoms with Crippen LogP contribution in [-0.4, -0.2) is 34.2 Å². The second kappa shape index (κ2) is 7.67. The van der Waals surface area contributed by atoms with E-state index in [-0.39, 0.29) is 11.8 Å². The van der Waals surface area contributed by atoms with Gasteiger partial charge in [0.1, 0.15) is 5.75 Å². The molecule has 0 radical (unpaired) electrons. The van der Waals surface area contributed by atoms with Crippen LogP contribution in [0.3, 0.4) is 0 Å². The number of rotatable bonds is 6. The predicted octanol–water partition coefficient (Wildman–Crippen LogP) is 4.06. The molecule has 1 atom stereocenters. The Kier molecular flexibility index (Phi) is 4.71. The van der Waals surface area contributed by atoms with Crippen LogP contribution in [0.25, 0.3) is 10.9 Å². The van der Waals surface area contributed by atoms with E-state index in [1.54, 1.807) is 4.90 Å². The maximum Gasteiger partial charge on any atom is 0.231 e. The molecular weight excluding hydrogens is 380 g/mol. The lowest BCUT2D eigenvalue weighted by Crippen LogP contribution is -2.24. The van der Waals surface area contributed by atoms with Crippen molar-refractivity contribution in [1.29, 1.82) is 0 Å². The summed E-state index contributed by atoms with van der Waals surface area (Å²) in [6, 6.07) is 15.7. The summed E-state index contributed by atoms with van der Waals surface area (Å²) in [5, 5.41) is 5.31. The second-order valence-electron chi connectivity index (χ2n) is 7.41. The van der Waals surface area contributed by atoms with Crippen LogP contribution < -0.4 is 9.64 Å². The van der Waals surface area contributed by atoms with Crippen molar-refractivity contribution in [2.45, 2.75) is 25.7 Å². The predicted molar refractivity (Wildman–Crippen MR) is 113 cm³/mol. The zero-order chi connectivity index (χ0) is 20.5. The number of nitrogens with zero attached hydrogens (tertiary/aromatic N) is 3. The number of amides is 1. The standard InChI is InChI=1S/C23H22N4O3/c1-2-29-18-9-7-17(8-10-18)27-14-16(12-22(27)28)23-25-21(30-26-23)11-15-13-24-20-6-4-3-5-19(15)20/h3-10,13,16,24H,2,11-12,14H2,1H3. The van der Waals surface area contributed by atoms with E-state index in [1.165, 1.54) is 0 Å². The summed E-state index contributed by atoms with van der Waals surface area (Å²) in [5.41, 5.74) is 3.05. The number of benzene rings is 2. The number of hydrogen-bond acceptors (Lipinski definition) is 5. The van der Waals surface area contributed by atoms with Gasteiger partial charge in [0.25, 0.3) is 0 Å². The monoisotopic (exact) mass is 402 g/mol. The maximum absolute atomic E-state index is 12.6. The Morgan fingerprint density at radius 1 is 1.20 bits per heavy atom. The van der Waals surface area contributed by atoms with Crippen molar-refractivity contribution >= 4 is 22.5 Å². The number of carbonyl (C=O) groups is 1. The third-order valence-electron chi connectivity index (χ3n) is 5.45. The van der Waals surface area contributed by atoms with Crippen molar-refractivity contribution in [2.24, 2.45) is 0 Å². The summed E-state index contributed by atoms with van der Waals surface area (Å²) in [7, 11) is 0. The molecule has 0 aliphatic carbocycles. The van der Waals surface area contributed by atoms with Gasteiger partial charge in [0.05, 0.1) is 13.0 Å². The molecule has 5 rings (SSSR count). The van der Waals surface area contributed by atoms with Gasteiger partial charge in [-0.25, -0.2) is 0 Å². The minimum Gasteiger partial charge on any atom is -0.494 e. The molecule has 3 heterocycles. The molecule has 7 heteroatoms. The van der Waals surface area contributed by atoms with Crippen molar-refractivity contribution in [2.75, 3.05) is 18.1 Å². The molecule has 152 valence electrons. The van der Waals surface area contributed by atoms with Crippen LogP contribution in [-0.2, 0) is 11.2 Å². The molecule has 1 fully saturated rings. The topological polar surface area (TPSA) is 84.2 Å². The lowest BCUT2D eigenvalue weighted by atomic mass is 10.1. The number of anilines is 1. The molecule has 30 heavy (non-hydrogen) atoms. The average molecular weight is 402 g/mol. The van der Waals surface area contributed by atoms with Crippen molar-refractivity contribution in [3.05, 3.63) is 72.0 Å². The molecule has 1 amide bonds. The minimum atomic E-state index is -0.0791. The molecule has 7 nitrogen and oxygen atoms in total. The van der Waals surface area contributed by atoms with Gasteiger partial charge in [-0.05, 0) is 42.8 Å². The van der Waals surface area contributed by atoms with Gasteiger partial charge in [0.2, 0.25) is 11.8 Å². The normalized spacial score (nSPS) is 16.5. The lowest BCUT2D eigenvalue weighted by Gasteiger charge is -2.16. The van der Waals surface area contributed by atoms with Gasteiger partial charge >= 0.3 is 0 Å². The Hall–Kier alpha value is -3.61. The molecule has 2 aromatic heterocycles. The van der Waals surface area contributed by atoms with Crippen LogP contribution in [0.4, 0.5) is 5.69 Å². The van der Waals surface area contributed by atoms with Crippen LogP contribution >= 0.6 is 0 Å². The number of para-hydroxylation sites is 1. The number of aromatic nitrogens is 3. The molecular formula is C23H22N4O3. The number of hydrogen-bond donors (Lipinski definition) is 1. The summed E-state index contributed by atoms with van der Waals surface area (Å²) in [6.45, 7) is 3.10. The lowest BCUT2D eigenvalue weighted by molar-refractivity contribution is -0.117. The SMILES string of the molecule is CCOc1ccc(N2CC(c3noc(Cc4c[nH]c5ccccc45)n3)CC2=O)cc1. The molecule has 1 aliphatic heterocycles. The van der Waals surface area contributed by atoms with Crippen molar-refractivity contribution in [1.82, 2.24) is 15.1 Å². The summed E-state index contributed by atoms with van der Waals surface area (Å²) < 4.78 is 11.0. The van der Waals surface area contributed by atoms with E-state index in [0.29, 0.717) is 37.7 Å². The summed E-state index contributed by atoms with van der Waals surface area (Å²) in [4.78, 5) is 22.2. The van der Waals surface area contributed by atoms with Crippen LogP contribution in [0, 0.1) is 0 Å². The zero-order valence-electron chi connectivity index (χ0n) is 16.7. The Bertz CT molecular complexity index is 1180. The van der Waals surface area contributed by atoms with E-state index >= 15 is 0 Å². The van der Waals surface area contributed by atoms with Gasteiger partial charge in [-0.15, -0.1) is 0 Å².